The van der Waals surface area contributed by atoms with E-state index in [2.05, 4.69) is 6.92 Å². The number of aliphatic hydroxyl groups is 1. The normalized spacial score (nSPS) is 30.3. The van der Waals surface area contributed by atoms with E-state index in [0.717, 1.165) is 24.9 Å². The van der Waals surface area contributed by atoms with Crippen LogP contribution in [0.5, 0.6) is 0 Å². The van der Waals surface area contributed by atoms with E-state index in [9.17, 15) is 0 Å². The first-order valence-electron chi connectivity index (χ1n) is 9.05. The Balaban J connectivity index is 1.89. The summed E-state index contributed by atoms with van der Waals surface area (Å²) in [6.45, 7) is 3.33. The quantitative estimate of drug-likeness (QED) is 0.686. The third-order valence-corrected chi connectivity index (χ3v) is 5.68. The average Bonchev–Trinajstić information content (AvgIpc) is 2.50. The van der Waals surface area contributed by atoms with Crippen molar-refractivity contribution in [2.45, 2.75) is 89.6 Å². The summed E-state index contributed by atoms with van der Waals surface area (Å²) >= 11 is 0. The second-order valence-corrected chi connectivity index (χ2v) is 7.06. The van der Waals surface area contributed by atoms with Crippen LogP contribution in [0.4, 0.5) is 0 Å². The summed E-state index contributed by atoms with van der Waals surface area (Å²) in [5.74, 6) is 1.77. The smallest absolute Gasteiger partial charge is 0.0710 e. The van der Waals surface area contributed by atoms with E-state index < -0.39 is 0 Å². The first kappa shape index (κ1) is 16.3. The van der Waals surface area contributed by atoms with Crippen LogP contribution < -0.4 is 0 Å². The molecule has 0 aliphatic heterocycles. The van der Waals surface area contributed by atoms with E-state index in [0.29, 0.717) is 0 Å². The molecule has 0 radical (unpaired) electrons. The lowest BCUT2D eigenvalue weighted by atomic mass is 9.67. The van der Waals surface area contributed by atoms with Gasteiger partial charge in [0, 0.05) is 13.2 Å². The summed E-state index contributed by atoms with van der Waals surface area (Å²) in [6, 6.07) is 0. The highest BCUT2D eigenvalue weighted by atomic mass is 16.5. The first-order valence-corrected chi connectivity index (χ1v) is 9.05. The average molecular weight is 282 g/mol. The second-order valence-electron chi connectivity index (χ2n) is 7.06. The summed E-state index contributed by atoms with van der Waals surface area (Å²) in [6.07, 6.45) is 15.8. The maximum absolute atomic E-state index is 9.00. The zero-order chi connectivity index (χ0) is 14.3. The van der Waals surface area contributed by atoms with Crippen LogP contribution in [-0.4, -0.2) is 23.9 Å². The minimum atomic E-state index is 0.171. The van der Waals surface area contributed by atoms with Gasteiger partial charge in [-0.25, -0.2) is 0 Å². The van der Waals surface area contributed by atoms with Gasteiger partial charge in [0.25, 0.3) is 0 Å². The Morgan fingerprint density at radius 1 is 1.05 bits per heavy atom. The van der Waals surface area contributed by atoms with Gasteiger partial charge in [0.05, 0.1) is 5.60 Å². The predicted octanol–water partition coefficient (Wildman–Crippen LogP) is 4.69. The SMILES string of the molecule is CCCC1CCC(C2(OCCCO)CCCCC2)CC1. The van der Waals surface area contributed by atoms with Crippen molar-refractivity contribution in [3.8, 4) is 0 Å². The molecule has 0 unspecified atom stereocenters. The molecule has 0 atom stereocenters. The molecule has 2 saturated carbocycles. The van der Waals surface area contributed by atoms with Crippen molar-refractivity contribution in [1.29, 1.82) is 0 Å². The van der Waals surface area contributed by atoms with Crippen LogP contribution >= 0.6 is 0 Å². The Kier molecular flexibility index (Phi) is 6.83. The predicted molar refractivity (Wildman–Crippen MR) is 83.8 cm³/mol. The standard InChI is InChI=1S/C18H34O2/c1-2-7-16-8-10-17(11-9-16)18(20-15-6-14-19)12-4-3-5-13-18/h16-17,19H,2-15H2,1H3. The number of rotatable bonds is 7. The molecule has 0 bridgehead atoms. The van der Waals surface area contributed by atoms with Crippen LogP contribution in [0.2, 0.25) is 0 Å². The molecule has 2 fully saturated rings. The molecule has 0 saturated heterocycles. The van der Waals surface area contributed by atoms with Crippen molar-refractivity contribution in [2.75, 3.05) is 13.2 Å². The first-order chi connectivity index (χ1) is 9.80. The fourth-order valence-electron chi connectivity index (χ4n) is 4.55. The van der Waals surface area contributed by atoms with E-state index in [1.807, 2.05) is 0 Å². The number of ether oxygens (including phenoxy) is 1. The van der Waals surface area contributed by atoms with Crippen molar-refractivity contribution >= 4 is 0 Å². The highest BCUT2D eigenvalue weighted by Crippen LogP contribution is 2.45. The van der Waals surface area contributed by atoms with E-state index >= 15 is 0 Å². The molecule has 0 amide bonds. The fourth-order valence-corrected chi connectivity index (χ4v) is 4.55. The maximum atomic E-state index is 9.00. The molecule has 118 valence electrons. The van der Waals surface area contributed by atoms with Crippen molar-refractivity contribution in [2.24, 2.45) is 11.8 Å². The molecule has 0 spiro atoms. The van der Waals surface area contributed by atoms with Gasteiger partial charge in [-0.1, -0.05) is 51.9 Å². The third-order valence-electron chi connectivity index (χ3n) is 5.68. The van der Waals surface area contributed by atoms with Gasteiger partial charge in [-0.3, -0.25) is 0 Å². The van der Waals surface area contributed by atoms with E-state index in [4.69, 9.17) is 9.84 Å². The van der Waals surface area contributed by atoms with Gasteiger partial charge in [0.15, 0.2) is 0 Å². The van der Waals surface area contributed by atoms with Crippen LogP contribution in [0.25, 0.3) is 0 Å². The highest BCUT2D eigenvalue weighted by molar-refractivity contribution is 4.93. The topological polar surface area (TPSA) is 29.5 Å². The third kappa shape index (κ3) is 4.21. The molecule has 0 aromatic carbocycles. The second kappa shape index (κ2) is 8.38. The summed E-state index contributed by atoms with van der Waals surface area (Å²) in [5, 5.41) is 9.00. The summed E-state index contributed by atoms with van der Waals surface area (Å²) in [7, 11) is 0. The van der Waals surface area contributed by atoms with Gasteiger partial charge >= 0.3 is 0 Å². The van der Waals surface area contributed by atoms with Crippen LogP contribution in [-0.2, 0) is 4.74 Å². The molecular formula is C18H34O2. The Hall–Kier alpha value is -0.0800. The van der Waals surface area contributed by atoms with Crippen LogP contribution in [0.1, 0.15) is 84.0 Å². The van der Waals surface area contributed by atoms with Gasteiger partial charge in [-0.2, -0.15) is 0 Å². The van der Waals surface area contributed by atoms with Gasteiger partial charge in [-0.05, 0) is 43.9 Å². The highest BCUT2D eigenvalue weighted by Gasteiger charge is 2.41. The molecule has 2 aliphatic rings. The molecule has 0 heterocycles. The lowest BCUT2D eigenvalue weighted by Gasteiger charge is -2.46. The lowest BCUT2D eigenvalue weighted by Crippen LogP contribution is -2.44. The van der Waals surface area contributed by atoms with Gasteiger partial charge in [0.2, 0.25) is 0 Å². The number of hydrogen-bond donors (Lipinski definition) is 1. The van der Waals surface area contributed by atoms with E-state index in [1.165, 1.54) is 70.6 Å². The zero-order valence-electron chi connectivity index (χ0n) is 13.4. The molecule has 1 N–H and O–H groups in total. The maximum Gasteiger partial charge on any atom is 0.0710 e. The van der Waals surface area contributed by atoms with Crippen molar-refractivity contribution in [3.63, 3.8) is 0 Å². The van der Waals surface area contributed by atoms with Gasteiger partial charge in [-0.15, -0.1) is 0 Å². The summed E-state index contributed by atoms with van der Waals surface area (Å²) in [5.41, 5.74) is 0.171. The van der Waals surface area contributed by atoms with Crippen molar-refractivity contribution in [3.05, 3.63) is 0 Å². The van der Waals surface area contributed by atoms with Crippen LogP contribution in [0.15, 0.2) is 0 Å². The Morgan fingerprint density at radius 2 is 1.75 bits per heavy atom. The minimum Gasteiger partial charge on any atom is -0.396 e. The molecule has 0 aromatic rings. The van der Waals surface area contributed by atoms with Gasteiger partial charge < -0.3 is 9.84 Å². The molecule has 2 nitrogen and oxygen atoms in total. The van der Waals surface area contributed by atoms with E-state index in [1.54, 1.807) is 0 Å². The molecule has 2 aliphatic carbocycles. The monoisotopic (exact) mass is 282 g/mol. The van der Waals surface area contributed by atoms with Crippen LogP contribution in [0, 0.1) is 11.8 Å². The lowest BCUT2D eigenvalue weighted by molar-refractivity contribution is -0.123. The molecule has 2 rings (SSSR count). The Bertz CT molecular complexity index is 250. The number of aliphatic hydroxyl groups excluding tert-OH is 1. The Morgan fingerprint density at radius 3 is 2.35 bits per heavy atom. The molecule has 2 heteroatoms. The fraction of sp³-hybridized carbons (Fsp3) is 1.00. The zero-order valence-corrected chi connectivity index (χ0v) is 13.4. The minimum absolute atomic E-state index is 0.171. The van der Waals surface area contributed by atoms with Gasteiger partial charge in [0.1, 0.15) is 0 Å². The summed E-state index contributed by atoms with van der Waals surface area (Å²) < 4.78 is 6.39. The number of hydrogen-bond acceptors (Lipinski definition) is 2. The van der Waals surface area contributed by atoms with E-state index in [-0.39, 0.29) is 12.2 Å². The summed E-state index contributed by atoms with van der Waals surface area (Å²) in [4.78, 5) is 0. The van der Waals surface area contributed by atoms with Crippen LogP contribution in [0.3, 0.4) is 0 Å². The molecule has 20 heavy (non-hydrogen) atoms. The Labute approximate surface area is 125 Å². The van der Waals surface area contributed by atoms with Crippen molar-refractivity contribution < 1.29 is 9.84 Å². The molecular weight excluding hydrogens is 248 g/mol. The van der Waals surface area contributed by atoms with Crippen molar-refractivity contribution in [1.82, 2.24) is 0 Å². The molecule has 0 aromatic heterocycles. The largest absolute Gasteiger partial charge is 0.396 e.